The lowest BCUT2D eigenvalue weighted by Gasteiger charge is -2.07. The van der Waals surface area contributed by atoms with E-state index in [1.165, 1.54) is 0 Å². The number of benzene rings is 2. The van der Waals surface area contributed by atoms with Crippen molar-refractivity contribution in [1.29, 1.82) is 0 Å². The van der Waals surface area contributed by atoms with Crippen LogP contribution in [0.2, 0.25) is 0 Å². The molecule has 0 aliphatic carbocycles. The number of nitrogens with one attached hydrogen (secondary N) is 1. The lowest BCUT2D eigenvalue weighted by Crippen LogP contribution is -2.12. The van der Waals surface area contributed by atoms with Gasteiger partial charge in [0.2, 0.25) is 0 Å². The van der Waals surface area contributed by atoms with Gasteiger partial charge in [0.15, 0.2) is 0 Å². The Morgan fingerprint density at radius 3 is 2.39 bits per heavy atom. The number of halogens is 2. The van der Waals surface area contributed by atoms with Crippen molar-refractivity contribution in [2.45, 2.75) is 6.92 Å². The minimum Gasteiger partial charge on any atom is -0.322 e. The Balaban J connectivity index is 2.21. The number of aryl methyl sites for hydroxylation is 1. The molecule has 0 saturated heterocycles. The molecule has 1 amide bonds. The van der Waals surface area contributed by atoms with Crippen molar-refractivity contribution in [2.24, 2.45) is 0 Å². The Kier molecular flexibility index (Phi) is 4.19. The van der Waals surface area contributed by atoms with E-state index in [0.29, 0.717) is 5.56 Å². The molecule has 18 heavy (non-hydrogen) atoms. The highest BCUT2D eigenvalue weighted by Gasteiger charge is 2.10. The van der Waals surface area contributed by atoms with Gasteiger partial charge in [0, 0.05) is 14.6 Å². The molecule has 0 aliphatic rings. The number of amides is 1. The number of hydrogen-bond donors (Lipinski definition) is 1. The van der Waals surface area contributed by atoms with Crippen LogP contribution in [-0.4, -0.2) is 5.91 Å². The molecule has 0 fully saturated rings. The Morgan fingerprint density at radius 1 is 1.06 bits per heavy atom. The maximum atomic E-state index is 12.1. The second-order valence-electron chi connectivity index (χ2n) is 3.94. The van der Waals surface area contributed by atoms with E-state index in [1.807, 2.05) is 43.3 Å². The van der Waals surface area contributed by atoms with Crippen LogP contribution in [0.25, 0.3) is 0 Å². The third-order valence-electron chi connectivity index (χ3n) is 2.48. The molecule has 1 N–H and O–H groups in total. The van der Waals surface area contributed by atoms with Crippen LogP contribution in [0.1, 0.15) is 15.9 Å². The SMILES string of the molecule is Cc1ccc(NC(=O)c2cc(Br)ccc2Br)cc1. The highest BCUT2D eigenvalue weighted by Crippen LogP contribution is 2.22. The van der Waals surface area contributed by atoms with Gasteiger partial charge in [-0.05, 0) is 53.2 Å². The summed E-state index contributed by atoms with van der Waals surface area (Å²) in [6.07, 6.45) is 0. The van der Waals surface area contributed by atoms with E-state index in [2.05, 4.69) is 37.2 Å². The summed E-state index contributed by atoms with van der Waals surface area (Å²) in [4.78, 5) is 12.1. The van der Waals surface area contributed by atoms with Gasteiger partial charge in [0.1, 0.15) is 0 Å². The lowest BCUT2D eigenvalue weighted by atomic mass is 10.2. The lowest BCUT2D eigenvalue weighted by molar-refractivity contribution is 0.102. The average Bonchev–Trinajstić information content (AvgIpc) is 2.35. The van der Waals surface area contributed by atoms with Crippen molar-refractivity contribution >= 4 is 43.5 Å². The summed E-state index contributed by atoms with van der Waals surface area (Å²) in [6.45, 7) is 2.01. The Bertz CT molecular complexity index is 579. The third-order valence-corrected chi connectivity index (χ3v) is 3.67. The zero-order chi connectivity index (χ0) is 13.1. The van der Waals surface area contributed by atoms with Crippen molar-refractivity contribution in [3.63, 3.8) is 0 Å². The maximum absolute atomic E-state index is 12.1. The fourth-order valence-corrected chi connectivity index (χ4v) is 2.29. The van der Waals surface area contributed by atoms with Crippen LogP contribution in [0.4, 0.5) is 5.69 Å². The number of hydrogen-bond acceptors (Lipinski definition) is 1. The monoisotopic (exact) mass is 367 g/mol. The van der Waals surface area contributed by atoms with Crippen LogP contribution in [0.3, 0.4) is 0 Å². The third kappa shape index (κ3) is 3.21. The summed E-state index contributed by atoms with van der Waals surface area (Å²) in [6, 6.07) is 13.2. The zero-order valence-corrected chi connectivity index (χ0v) is 12.9. The number of carbonyl (C=O) groups excluding carboxylic acids is 1. The Morgan fingerprint density at radius 2 is 1.72 bits per heavy atom. The summed E-state index contributed by atoms with van der Waals surface area (Å²) < 4.78 is 1.65. The quantitative estimate of drug-likeness (QED) is 0.812. The average molecular weight is 369 g/mol. The topological polar surface area (TPSA) is 29.1 Å². The summed E-state index contributed by atoms with van der Waals surface area (Å²) in [7, 11) is 0. The summed E-state index contributed by atoms with van der Waals surface area (Å²) >= 11 is 6.73. The van der Waals surface area contributed by atoms with Gasteiger partial charge in [-0.3, -0.25) is 4.79 Å². The standard InChI is InChI=1S/C14H11Br2NO/c1-9-2-5-11(6-3-9)17-14(18)12-8-10(15)4-7-13(12)16/h2-8H,1H3,(H,17,18). The molecule has 0 radical (unpaired) electrons. The van der Waals surface area contributed by atoms with Crippen LogP contribution in [0, 0.1) is 6.92 Å². The first-order valence-corrected chi connectivity index (χ1v) is 6.98. The molecule has 0 saturated carbocycles. The maximum Gasteiger partial charge on any atom is 0.256 e. The van der Waals surface area contributed by atoms with Gasteiger partial charge in [0.05, 0.1) is 5.56 Å². The number of anilines is 1. The molecule has 0 aromatic heterocycles. The smallest absolute Gasteiger partial charge is 0.256 e. The number of carbonyl (C=O) groups is 1. The van der Waals surface area contributed by atoms with E-state index in [-0.39, 0.29) is 5.91 Å². The summed E-state index contributed by atoms with van der Waals surface area (Å²) in [5.74, 6) is -0.132. The molecule has 0 spiro atoms. The molecular weight excluding hydrogens is 358 g/mol. The molecule has 0 unspecified atom stereocenters. The van der Waals surface area contributed by atoms with Gasteiger partial charge in [0.25, 0.3) is 5.91 Å². The molecule has 4 heteroatoms. The van der Waals surface area contributed by atoms with Gasteiger partial charge < -0.3 is 5.32 Å². The van der Waals surface area contributed by atoms with Gasteiger partial charge >= 0.3 is 0 Å². The highest BCUT2D eigenvalue weighted by atomic mass is 79.9. The molecule has 2 aromatic carbocycles. The van der Waals surface area contributed by atoms with Gasteiger partial charge in [-0.1, -0.05) is 33.6 Å². The molecule has 2 nitrogen and oxygen atoms in total. The second-order valence-corrected chi connectivity index (χ2v) is 5.71. The molecule has 2 rings (SSSR count). The van der Waals surface area contributed by atoms with E-state index in [0.717, 1.165) is 20.2 Å². The van der Waals surface area contributed by atoms with Crippen molar-refractivity contribution in [3.05, 3.63) is 62.5 Å². The molecule has 0 aliphatic heterocycles. The largest absolute Gasteiger partial charge is 0.322 e. The van der Waals surface area contributed by atoms with Gasteiger partial charge in [-0.15, -0.1) is 0 Å². The molecule has 0 bridgehead atoms. The van der Waals surface area contributed by atoms with E-state index in [4.69, 9.17) is 0 Å². The van der Waals surface area contributed by atoms with Crippen LogP contribution in [0.15, 0.2) is 51.4 Å². The fraction of sp³-hybridized carbons (Fsp3) is 0.0714. The van der Waals surface area contributed by atoms with Crippen LogP contribution < -0.4 is 5.32 Å². The van der Waals surface area contributed by atoms with Crippen molar-refractivity contribution in [2.75, 3.05) is 5.32 Å². The fourth-order valence-electron chi connectivity index (χ4n) is 1.51. The van der Waals surface area contributed by atoms with Crippen LogP contribution in [0.5, 0.6) is 0 Å². The predicted octanol–water partition coefficient (Wildman–Crippen LogP) is 4.77. The molecular formula is C14H11Br2NO. The first kappa shape index (κ1) is 13.3. The first-order valence-electron chi connectivity index (χ1n) is 5.39. The summed E-state index contributed by atoms with van der Waals surface area (Å²) in [5.41, 5.74) is 2.55. The molecule has 92 valence electrons. The minimum atomic E-state index is -0.132. The summed E-state index contributed by atoms with van der Waals surface area (Å²) in [5, 5.41) is 2.86. The van der Waals surface area contributed by atoms with E-state index in [1.54, 1.807) is 6.07 Å². The predicted molar refractivity (Wildman–Crippen MR) is 81.0 cm³/mol. The van der Waals surface area contributed by atoms with Crippen LogP contribution >= 0.6 is 31.9 Å². The Labute approximate surface area is 123 Å². The Hall–Kier alpha value is -1.13. The van der Waals surface area contributed by atoms with Crippen molar-refractivity contribution in [1.82, 2.24) is 0 Å². The van der Waals surface area contributed by atoms with E-state index in [9.17, 15) is 4.79 Å². The first-order chi connectivity index (χ1) is 8.56. The van der Waals surface area contributed by atoms with E-state index >= 15 is 0 Å². The van der Waals surface area contributed by atoms with Gasteiger partial charge in [-0.2, -0.15) is 0 Å². The highest BCUT2D eigenvalue weighted by molar-refractivity contribution is 9.11. The molecule has 2 aromatic rings. The van der Waals surface area contributed by atoms with Crippen molar-refractivity contribution < 1.29 is 4.79 Å². The normalized spacial score (nSPS) is 10.2. The second kappa shape index (κ2) is 5.67. The van der Waals surface area contributed by atoms with Gasteiger partial charge in [-0.25, -0.2) is 0 Å². The van der Waals surface area contributed by atoms with Crippen molar-refractivity contribution in [3.8, 4) is 0 Å². The minimum absolute atomic E-state index is 0.132. The number of rotatable bonds is 2. The molecule has 0 heterocycles. The van der Waals surface area contributed by atoms with Crippen LogP contribution in [-0.2, 0) is 0 Å². The molecule has 0 atom stereocenters. The zero-order valence-electron chi connectivity index (χ0n) is 9.71. The van der Waals surface area contributed by atoms with E-state index < -0.39 is 0 Å².